The van der Waals surface area contributed by atoms with Crippen molar-refractivity contribution < 1.29 is 13.2 Å². The van der Waals surface area contributed by atoms with E-state index < -0.39 is 16.2 Å². The standard InChI is InChI=1S/C20H28N6O3S.Na/c1-21-9-10-26(16-12-22-25(2)13-16)30(28,29)24-20(27)23-19-17-7-3-5-14(17)11-15-6-4-8-18(15)19;/h11-13,21H,3-10H2,1-2H3,(H2,23,24,27);. The predicted octanol–water partition coefficient (Wildman–Crippen LogP) is 1.11. The molecule has 2 aromatic rings. The zero-order valence-electron chi connectivity index (χ0n) is 18.4. The van der Waals surface area contributed by atoms with E-state index in [4.69, 9.17) is 0 Å². The summed E-state index contributed by atoms with van der Waals surface area (Å²) in [5.41, 5.74) is 6.08. The van der Waals surface area contributed by atoms with Crippen LogP contribution in [-0.2, 0) is 42.9 Å². The average molecular weight is 456 g/mol. The number of urea groups is 1. The smallest absolute Gasteiger partial charge is 0.318 e. The fraction of sp³-hybridized carbons (Fsp3) is 0.500. The molecule has 1 heterocycles. The van der Waals surface area contributed by atoms with Crippen LogP contribution in [0.3, 0.4) is 0 Å². The molecule has 2 aliphatic carbocycles. The molecule has 0 saturated carbocycles. The maximum absolute atomic E-state index is 13.0. The Morgan fingerprint density at radius 2 is 1.81 bits per heavy atom. The van der Waals surface area contributed by atoms with E-state index in [-0.39, 0.29) is 36.1 Å². The number of hydrogen-bond acceptors (Lipinski definition) is 5. The molecule has 11 heteroatoms. The van der Waals surface area contributed by atoms with E-state index in [1.807, 2.05) is 0 Å². The SMILES string of the molecule is CNCCN(c1cnn(C)c1)S(=O)(=O)NC(=O)Nc1c2c(cc3c1CCC3)CCC2.[Na]. The van der Waals surface area contributed by atoms with Crippen molar-refractivity contribution >= 4 is 57.2 Å². The third-order valence-electron chi connectivity index (χ3n) is 5.77. The Hall–Kier alpha value is -1.59. The minimum atomic E-state index is -4.10. The number of anilines is 2. The van der Waals surface area contributed by atoms with Gasteiger partial charge in [-0.2, -0.15) is 13.5 Å². The van der Waals surface area contributed by atoms with Crippen molar-refractivity contribution in [2.45, 2.75) is 38.5 Å². The van der Waals surface area contributed by atoms with E-state index in [1.165, 1.54) is 22.0 Å². The first kappa shape index (κ1) is 24.1. The maximum atomic E-state index is 13.0. The van der Waals surface area contributed by atoms with Gasteiger partial charge in [0.05, 0.1) is 11.9 Å². The second-order valence-electron chi connectivity index (χ2n) is 7.84. The molecule has 9 nitrogen and oxygen atoms in total. The van der Waals surface area contributed by atoms with Gasteiger partial charge in [0.2, 0.25) is 0 Å². The molecule has 163 valence electrons. The number of hydrogen-bond donors (Lipinski definition) is 3. The Morgan fingerprint density at radius 3 is 2.35 bits per heavy atom. The second-order valence-corrected chi connectivity index (χ2v) is 9.44. The molecule has 0 unspecified atom stereocenters. The molecule has 3 N–H and O–H groups in total. The number of fused-ring (bicyclic) bond motifs is 2. The van der Waals surface area contributed by atoms with E-state index in [0.717, 1.165) is 59.6 Å². The molecule has 31 heavy (non-hydrogen) atoms. The number of carbonyl (C=O) groups is 1. The summed E-state index contributed by atoms with van der Waals surface area (Å²) in [5, 5.41) is 9.86. The minimum absolute atomic E-state index is 0. The van der Waals surface area contributed by atoms with Crippen LogP contribution in [0, 0.1) is 0 Å². The summed E-state index contributed by atoms with van der Waals surface area (Å²) in [6.45, 7) is 0.595. The van der Waals surface area contributed by atoms with Crippen molar-refractivity contribution in [2.24, 2.45) is 7.05 Å². The van der Waals surface area contributed by atoms with Gasteiger partial charge in [0.15, 0.2) is 0 Å². The molecule has 2 aliphatic rings. The quantitative estimate of drug-likeness (QED) is 0.542. The molecule has 1 aromatic carbocycles. The summed E-state index contributed by atoms with van der Waals surface area (Å²) in [4.78, 5) is 12.8. The van der Waals surface area contributed by atoms with Gasteiger partial charge in [-0.1, -0.05) is 6.07 Å². The molecule has 0 saturated heterocycles. The van der Waals surface area contributed by atoms with E-state index >= 15 is 0 Å². The summed E-state index contributed by atoms with van der Waals surface area (Å²) in [6.07, 6.45) is 9.03. The Kier molecular flexibility index (Phi) is 7.69. The number of nitrogens with one attached hydrogen (secondary N) is 3. The van der Waals surface area contributed by atoms with Crippen LogP contribution in [0.5, 0.6) is 0 Å². The third kappa shape index (κ3) is 5.09. The van der Waals surface area contributed by atoms with Gasteiger partial charge in [0.25, 0.3) is 0 Å². The van der Waals surface area contributed by atoms with Crippen molar-refractivity contribution in [1.29, 1.82) is 0 Å². The van der Waals surface area contributed by atoms with Crippen LogP contribution in [0.15, 0.2) is 18.5 Å². The molecular weight excluding hydrogens is 427 g/mol. The normalized spacial score (nSPS) is 14.5. The van der Waals surface area contributed by atoms with Crippen molar-refractivity contribution in [3.05, 3.63) is 40.7 Å². The van der Waals surface area contributed by atoms with Crippen molar-refractivity contribution in [2.75, 3.05) is 29.8 Å². The van der Waals surface area contributed by atoms with Crippen LogP contribution in [0.25, 0.3) is 0 Å². The van der Waals surface area contributed by atoms with Crippen LogP contribution in [0.2, 0.25) is 0 Å². The van der Waals surface area contributed by atoms with Gasteiger partial charge in [-0.25, -0.2) is 13.8 Å². The van der Waals surface area contributed by atoms with E-state index in [1.54, 1.807) is 20.3 Å². The summed E-state index contributed by atoms with van der Waals surface area (Å²) in [5.74, 6) is 0. The molecule has 4 rings (SSSR count). The van der Waals surface area contributed by atoms with Gasteiger partial charge in [0, 0.05) is 61.6 Å². The second kappa shape index (κ2) is 9.91. The van der Waals surface area contributed by atoms with Crippen molar-refractivity contribution in [3.63, 3.8) is 0 Å². The van der Waals surface area contributed by atoms with Crippen LogP contribution in [0.4, 0.5) is 16.2 Å². The number of likely N-dealkylation sites (N-methyl/N-ethyl adjacent to an activating group) is 1. The molecular formula is C20H28N6NaO3S. The number of benzene rings is 1. The van der Waals surface area contributed by atoms with E-state index in [0.29, 0.717) is 12.2 Å². The van der Waals surface area contributed by atoms with Crippen molar-refractivity contribution in [3.8, 4) is 0 Å². The first-order valence-corrected chi connectivity index (χ1v) is 11.7. The number of aryl methyl sites for hydroxylation is 3. The fourth-order valence-electron chi connectivity index (χ4n) is 4.42. The number of carbonyl (C=O) groups excluding carboxylic acids is 1. The topological polar surface area (TPSA) is 108 Å². The van der Waals surface area contributed by atoms with Crippen LogP contribution in [0.1, 0.15) is 35.1 Å². The Labute approximate surface area is 205 Å². The van der Waals surface area contributed by atoms with E-state index in [2.05, 4.69) is 26.5 Å². The van der Waals surface area contributed by atoms with E-state index in [9.17, 15) is 13.2 Å². The molecule has 2 amide bonds. The van der Waals surface area contributed by atoms with Crippen LogP contribution >= 0.6 is 0 Å². The minimum Gasteiger partial charge on any atom is -0.318 e. The molecule has 1 radical (unpaired) electrons. The Morgan fingerprint density at radius 1 is 1.16 bits per heavy atom. The third-order valence-corrected chi connectivity index (χ3v) is 7.18. The molecule has 0 atom stereocenters. The average Bonchev–Trinajstić information content (AvgIpc) is 3.42. The number of aromatic nitrogens is 2. The molecule has 0 spiro atoms. The van der Waals surface area contributed by atoms with Gasteiger partial charge in [0.1, 0.15) is 0 Å². The first-order chi connectivity index (χ1) is 14.4. The number of rotatable bonds is 7. The van der Waals surface area contributed by atoms with Gasteiger partial charge >= 0.3 is 16.2 Å². The summed E-state index contributed by atoms with van der Waals surface area (Å²) < 4.78 is 30.9. The Bertz CT molecular complexity index is 1040. The molecule has 1 aromatic heterocycles. The zero-order valence-corrected chi connectivity index (χ0v) is 21.2. The largest absolute Gasteiger partial charge is 0.334 e. The zero-order chi connectivity index (χ0) is 21.3. The number of amides is 2. The molecule has 0 aliphatic heterocycles. The summed E-state index contributed by atoms with van der Waals surface area (Å²) >= 11 is 0. The monoisotopic (exact) mass is 455 g/mol. The maximum Gasteiger partial charge on any atom is 0.334 e. The molecule has 0 bridgehead atoms. The van der Waals surface area contributed by atoms with Crippen molar-refractivity contribution in [1.82, 2.24) is 19.8 Å². The van der Waals surface area contributed by atoms with Gasteiger partial charge in [-0.15, -0.1) is 0 Å². The van der Waals surface area contributed by atoms with Crippen LogP contribution in [-0.4, -0.2) is 73.9 Å². The van der Waals surface area contributed by atoms with Gasteiger partial charge < -0.3 is 10.6 Å². The van der Waals surface area contributed by atoms with Gasteiger partial charge in [-0.3, -0.25) is 4.68 Å². The fourth-order valence-corrected chi connectivity index (χ4v) is 5.52. The first-order valence-electron chi connectivity index (χ1n) is 10.3. The number of nitrogens with zero attached hydrogens (tertiary/aromatic N) is 3. The summed E-state index contributed by atoms with van der Waals surface area (Å²) in [7, 11) is -0.652. The molecule has 0 fully saturated rings. The Balaban J connectivity index is 0.00000272. The summed E-state index contributed by atoms with van der Waals surface area (Å²) in [6, 6.07) is 1.54. The predicted molar refractivity (Wildman–Crippen MR) is 122 cm³/mol. The van der Waals surface area contributed by atoms with Crippen LogP contribution < -0.4 is 19.7 Å². The van der Waals surface area contributed by atoms with Gasteiger partial charge in [-0.05, 0) is 67.8 Å².